The fraction of sp³-hybridized carbons (Fsp3) is 0.700. The summed E-state index contributed by atoms with van der Waals surface area (Å²) in [6, 6.07) is 0. The highest BCUT2D eigenvalue weighted by Crippen LogP contribution is 2.11. The van der Waals surface area contributed by atoms with Crippen LogP contribution in [0.3, 0.4) is 0 Å². The van der Waals surface area contributed by atoms with Crippen LogP contribution in [0.5, 0.6) is 0 Å². The van der Waals surface area contributed by atoms with Crippen molar-refractivity contribution in [3.05, 3.63) is 11.8 Å². The third-order valence-electron chi connectivity index (χ3n) is 2.11. The minimum absolute atomic E-state index is 0.271. The minimum atomic E-state index is 0.271. The van der Waals surface area contributed by atoms with E-state index in [0.29, 0.717) is 6.42 Å². The second-order valence-corrected chi connectivity index (χ2v) is 3.27. The van der Waals surface area contributed by atoms with Crippen LogP contribution in [0, 0.1) is 0 Å². The number of carbonyl (C=O) groups is 1. The molecule has 1 aliphatic carbocycles. The third kappa shape index (κ3) is 3.07. The summed E-state index contributed by atoms with van der Waals surface area (Å²) in [5, 5.41) is 3.29. The van der Waals surface area contributed by atoms with Gasteiger partial charge >= 0.3 is 0 Å². The van der Waals surface area contributed by atoms with Gasteiger partial charge in [0.1, 0.15) is 0 Å². The molecule has 0 amide bonds. The summed E-state index contributed by atoms with van der Waals surface area (Å²) in [6.07, 6.45) is 7.10. The van der Waals surface area contributed by atoms with Crippen molar-refractivity contribution in [3.63, 3.8) is 0 Å². The molecule has 0 aromatic carbocycles. The monoisotopic (exact) mass is 167 g/mol. The zero-order chi connectivity index (χ0) is 8.81. The molecule has 68 valence electrons. The molecule has 0 heterocycles. The van der Waals surface area contributed by atoms with Gasteiger partial charge in [0.25, 0.3) is 0 Å². The quantitative estimate of drug-likeness (QED) is 0.635. The molecule has 0 aliphatic heterocycles. The molecular weight excluding hydrogens is 150 g/mol. The Morgan fingerprint density at radius 3 is 2.83 bits per heavy atom. The molecule has 0 aromatic rings. The molecule has 0 saturated heterocycles. The second-order valence-electron chi connectivity index (χ2n) is 3.27. The molecular formula is C10H17NO. The van der Waals surface area contributed by atoms with Gasteiger partial charge in [-0.05, 0) is 12.8 Å². The van der Waals surface area contributed by atoms with Gasteiger partial charge in [-0.15, -0.1) is 0 Å². The average Bonchev–Trinajstić information content (AvgIpc) is 2.45. The van der Waals surface area contributed by atoms with E-state index in [2.05, 4.69) is 12.2 Å². The lowest BCUT2D eigenvalue weighted by Gasteiger charge is -2.04. The molecule has 1 N–H and O–H groups in total. The Morgan fingerprint density at radius 1 is 1.42 bits per heavy atom. The van der Waals surface area contributed by atoms with Crippen molar-refractivity contribution in [3.8, 4) is 0 Å². The number of ketones is 1. The second kappa shape index (κ2) is 4.96. The molecule has 0 unspecified atom stereocenters. The Labute approximate surface area is 74.0 Å². The Bertz CT molecular complexity index is 184. The van der Waals surface area contributed by atoms with Gasteiger partial charge in [-0.1, -0.05) is 19.8 Å². The van der Waals surface area contributed by atoms with E-state index in [9.17, 15) is 4.79 Å². The molecule has 0 fully saturated rings. The van der Waals surface area contributed by atoms with Gasteiger partial charge in [-0.25, -0.2) is 0 Å². The molecule has 1 rings (SSSR count). The number of unbranched alkanes of at least 4 members (excludes halogenated alkanes) is 2. The van der Waals surface area contributed by atoms with Crippen LogP contribution in [-0.2, 0) is 4.79 Å². The lowest BCUT2D eigenvalue weighted by molar-refractivity contribution is -0.114. The van der Waals surface area contributed by atoms with E-state index in [1.807, 2.05) is 0 Å². The smallest absolute Gasteiger partial charge is 0.157 e. The van der Waals surface area contributed by atoms with Crippen LogP contribution >= 0.6 is 0 Å². The maximum absolute atomic E-state index is 10.8. The molecule has 0 radical (unpaired) electrons. The fourth-order valence-corrected chi connectivity index (χ4v) is 1.36. The van der Waals surface area contributed by atoms with Crippen molar-refractivity contribution in [1.82, 2.24) is 5.32 Å². The summed E-state index contributed by atoms with van der Waals surface area (Å²) in [6.45, 7) is 3.21. The highest BCUT2D eigenvalue weighted by atomic mass is 16.1. The van der Waals surface area contributed by atoms with Crippen LogP contribution in [0.2, 0.25) is 0 Å². The van der Waals surface area contributed by atoms with Crippen molar-refractivity contribution in [2.24, 2.45) is 0 Å². The summed E-state index contributed by atoms with van der Waals surface area (Å²) in [5.74, 6) is 0.271. The van der Waals surface area contributed by atoms with Gasteiger partial charge in [-0.3, -0.25) is 4.79 Å². The molecule has 1 aliphatic rings. The van der Waals surface area contributed by atoms with Gasteiger partial charge in [0.15, 0.2) is 5.78 Å². The molecule has 2 heteroatoms. The van der Waals surface area contributed by atoms with E-state index >= 15 is 0 Å². The van der Waals surface area contributed by atoms with E-state index < -0.39 is 0 Å². The van der Waals surface area contributed by atoms with E-state index in [-0.39, 0.29) is 5.78 Å². The largest absolute Gasteiger partial charge is 0.388 e. The standard InChI is InChI=1S/C10H17NO/c1-2-3-4-7-11-9-5-6-10(12)8-9/h8,11H,2-7H2,1H3. The van der Waals surface area contributed by atoms with Gasteiger partial charge in [0, 0.05) is 24.7 Å². The normalized spacial score (nSPS) is 16.4. The first-order valence-corrected chi connectivity index (χ1v) is 4.80. The minimum Gasteiger partial charge on any atom is -0.388 e. The van der Waals surface area contributed by atoms with Gasteiger partial charge in [-0.2, -0.15) is 0 Å². The molecule has 0 bridgehead atoms. The van der Waals surface area contributed by atoms with E-state index in [1.54, 1.807) is 6.08 Å². The Kier molecular flexibility index (Phi) is 3.85. The Balaban J connectivity index is 2.07. The fourth-order valence-electron chi connectivity index (χ4n) is 1.36. The number of nitrogens with one attached hydrogen (secondary N) is 1. The maximum Gasteiger partial charge on any atom is 0.157 e. The van der Waals surface area contributed by atoms with Gasteiger partial charge in [0.05, 0.1) is 0 Å². The van der Waals surface area contributed by atoms with E-state index in [1.165, 1.54) is 19.3 Å². The van der Waals surface area contributed by atoms with Crippen LogP contribution in [0.4, 0.5) is 0 Å². The number of hydrogen-bond acceptors (Lipinski definition) is 2. The van der Waals surface area contributed by atoms with Crippen LogP contribution in [-0.4, -0.2) is 12.3 Å². The van der Waals surface area contributed by atoms with Crippen LogP contribution in [0.15, 0.2) is 11.8 Å². The van der Waals surface area contributed by atoms with Crippen LogP contribution in [0.1, 0.15) is 39.0 Å². The van der Waals surface area contributed by atoms with Crippen molar-refractivity contribution >= 4 is 5.78 Å². The molecule has 0 saturated carbocycles. The number of rotatable bonds is 5. The summed E-state index contributed by atoms with van der Waals surface area (Å²) >= 11 is 0. The topological polar surface area (TPSA) is 29.1 Å². The van der Waals surface area contributed by atoms with E-state index in [0.717, 1.165) is 18.7 Å². The first-order chi connectivity index (χ1) is 5.83. The number of carbonyl (C=O) groups excluding carboxylic acids is 1. The summed E-state index contributed by atoms with van der Waals surface area (Å²) < 4.78 is 0. The first kappa shape index (κ1) is 9.30. The lowest BCUT2D eigenvalue weighted by Crippen LogP contribution is -2.12. The SMILES string of the molecule is CCCCCNC1=CC(=O)CC1. The first-order valence-electron chi connectivity index (χ1n) is 4.80. The van der Waals surface area contributed by atoms with Crippen molar-refractivity contribution in [2.45, 2.75) is 39.0 Å². The summed E-state index contributed by atoms with van der Waals surface area (Å²) in [4.78, 5) is 10.8. The Morgan fingerprint density at radius 2 is 2.25 bits per heavy atom. The molecule has 0 aromatic heterocycles. The Hall–Kier alpha value is -0.790. The maximum atomic E-state index is 10.8. The highest BCUT2D eigenvalue weighted by molar-refractivity contribution is 5.92. The molecule has 2 nitrogen and oxygen atoms in total. The van der Waals surface area contributed by atoms with Crippen molar-refractivity contribution < 1.29 is 4.79 Å². The van der Waals surface area contributed by atoms with Crippen LogP contribution in [0.25, 0.3) is 0 Å². The molecule has 12 heavy (non-hydrogen) atoms. The molecule has 0 atom stereocenters. The number of hydrogen-bond donors (Lipinski definition) is 1. The predicted octanol–water partition coefficient (Wildman–Crippen LogP) is 2.01. The van der Waals surface area contributed by atoms with Crippen molar-refractivity contribution in [1.29, 1.82) is 0 Å². The highest BCUT2D eigenvalue weighted by Gasteiger charge is 2.10. The van der Waals surface area contributed by atoms with Gasteiger partial charge < -0.3 is 5.32 Å². The van der Waals surface area contributed by atoms with Gasteiger partial charge in [0.2, 0.25) is 0 Å². The molecule has 0 spiro atoms. The average molecular weight is 167 g/mol. The number of allylic oxidation sites excluding steroid dienone is 2. The van der Waals surface area contributed by atoms with E-state index in [4.69, 9.17) is 0 Å². The summed E-state index contributed by atoms with van der Waals surface area (Å²) in [7, 11) is 0. The summed E-state index contributed by atoms with van der Waals surface area (Å²) in [5.41, 5.74) is 1.14. The predicted molar refractivity (Wildman–Crippen MR) is 49.9 cm³/mol. The van der Waals surface area contributed by atoms with Crippen molar-refractivity contribution in [2.75, 3.05) is 6.54 Å². The zero-order valence-corrected chi connectivity index (χ0v) is 7.73. The zero-order valence-electron chi connectivity index (χ0n) is 7.73. The third-order valence-corrected chi connectivity index (χ3v) is 2.11. The van der Waals surface area contributed by atoms with Crippen LogP contribution < -0.4 is 5.32 Å². The lowest BCUT2D eigenvalue weighted by atomic mass is 10.2.